The fraction of sp³-hybridized carbons (Fsp3) is 0.462. The molecule has 0 saturated carbocycles. The highest BCUT2D eigenvalue weighted by Gasteiger charge is 2.32. The second-order valence-corrected chi connectivity index (χ2v) is 8.71. The Bertz CT molecular complexity index is 1100. The van der Waals surface area contributed by atoms with Crippen LogP contribution in [0.15, 0.2) is 46.9 Å². The van der Waals surface area contributed by atoms with Crippen molar-refractivity contribution in [3.63, 3.8) is 0 Å². The number of fused-ring (bicyclic) bond motifs is 1. The molecule has 34 heavy (non-hydrogen) atoms. The summed E-state index contributed by atoms with van der Waals surface area (Å²) >= 11 is 0. The second-order valence-electron chi connectivity index (χ2n) is 8.71. The molecule has 0 amide bonds. The molecule has 2 aromatic carbocycles. The number of anilines is 3. The van der Waals surface area contributed by atoms with Crippen molar-refractivity contribution in [3.05, 3.63) is 48.0 Å². The number of nitrogens with one attached hydrogen (secondary N) is 1. The third kappa shape index (κ3) is 6.05. The first-order valence-corrected chi connectivity index (χ1v) is 11.8. The van der Waals surface area contributed by atoms with Gasteiger partial charge in [-0.1, -0.05) is 24.6 Å². The lowest BCUT2D eigenvalue weighted by molar-refractivity contribution is -0.140. The van der Waals surface area contributed by atoms with Crippen LogP contribution < -0.4 is 10.2 Å². The molecule has 8 heteroatoms. The van der Waals surface area contributed by atoms with E-state index in [9.17, 15) is 9.18 Å². The van der Waals surface area contributed by atoms with Gasteiger partial charge >= 0.3 is 5.97 Å². The van der Waals surface area contributed by atoms with Gasteiger partial charge in [-0.2, -0.15) is 4.98 Å². The van der Waals surface area contributed by atoms with Crippen LogP contribution in [0.3, 0.4) is 0 Å². The number of methoxy groups -OCH3 is 1. The Hall–Kier alpha value is -3.13. The number of hydrogen-bond donors (Lipinski definition) is 1. The number of ether oxygens (including phenoxy) is 2. The van der Waals surface area contributed by atoms with Crippen molar-refractivity contribution in [3.8, 4) is 0 Å². The first-order chi connectivity index (χ1) is 16.5. The van der Waals surface area contributed by atoms with Gasteiger partial charge in [-0.05, 0) is 43.5 Å². The second kappa shape index (κ2) is 11.3. The molecular formula is C26H32FN3O4. The number of hydrogen-bond acceptors (Lipinski definition) is 7. The quantitative estimate of drug-likeness (QED) is 0.292. The van der Waals surface area contributed by atoms with Crippen molar-refractivity contribution in [1.29, 1.82) is 0 Å². The number of rotatable bonds is 11. The van der Waals surface area contributed by atoms with Gasteiger partial charge in [-0.25, -0.2) is 4.39 Å². The van der Waals surface area contributed by atoms with Crippen molar-refractivity contribution in [2.75, 3.05) is 37.1 Å². The Balaban J connectivity index is 1.34. The van der Waals surface area contributed by atoms with Crippen molar-refractivity contribution in [2.45, 2.75) is 51.2 Å². The summed E-state index contributed by atoms with van der Waals surface area (Å²) in [6, 6.07) is 14.1. The number of alkyl halides is 1. The van der Waals surface area contributed by atoms with Gasteiger partial charge in [0.15, 0.2) is 5.58 Å². The molecule has 7 nitrogen and oxygen atoms in total. The minimum atomic E-state index is -0.891. The number of carbonyl (C=O) groups is 1. The molecule has 1 saturated heterocycles. The molecule has 182 valence electrons. The first-order valence-electron chi connectivity index (χ1n) is 11.8. The summed E-state index contributed by atoms with van der Waals surface area (Å²) in [6.45, 7) is 3.42. The lowest BCUT2D eigenvalue weighted by atomic mass is 10.2. The average molecular weight is 470 g/mol. The largest absolute Gasteiger partial charge is 0.469 e. The van der Waals surface area contributed by atoms with Crippen molar-refractivity contribution < 1.29 is 23.1 Å². The summed E-state index contributed by atoms with van der Waals surface area (Å²) < 4.78 is 30.7. The number of nitrogens with zero attached hydrogens (tertiary/aromatic N) is 2. The van der Waals surface area contributed by atoms with Crippen LogP contribution in [0.2, 0.25) is 0 Å². The number of para-hydroxylation sites is 1. The lowest BCUT2D eigenvalue weighted by Gasteiger charge is -2.26. The zero-order valence-electron chi connectivity index (χ0n) is 19.8. The maximum absolute atomic E-state index is 14.3. The normalized spacial score (nSPS) is 17.9. The summed E-state index contributed by atoms with van der Waals surface area (Å²) in [4.78, 5) is 17.7. The van der Waals surface area contributed by atoms with Crippen LogP contribution in [0.25, 0.3) is 11.1 Å². The first kappa shape index (κ1) is 24.0. The molecule has 0 spiro atoms. The van der Waals surface area contributed by atoms with Crippen molar-refractivity contribution in [2.24, 2.45) is 0 Å². The van der Waals surface area contributed by atoms with E-state index in [2.05, 4.69) is 19.9 Å². The van der Waals surface area contributed by atoms with Crippen LogP contribution >= 0.6 is 0 Å². The molecule has 1 aromatic heterocycles. The molecule has 4 rings (SSSR count). The van der Waals surface area contributed by atoms with E-state index in [4.69, 9.17) is 9.15 Å². The number of halogens is 1. The maximum Gasteiger partial charge on any atom is 0.305 e. The topological polar surface area (TPSA) is 76.8 Å². The fourth-order valence-electron chi connectivity index (χ4n) is 4.28. The van der Waals surface area contributed by atoms with Crippen LogP contribution in [-0.4, -0.2) is 50.0 Å². The predicted molar refractivity (Wildman–Crippen MR) is 130 cm³/mol. The summed E-state index contributed by atoms with van der Waals surface area (Å²) in [5.41, 5.74) is 4.34. The minimum Gasteiger partial charge on any atom is -0.469 e. The van der Waals surface area contributed by atoms with E-state index in [-0.39, 0.29) is 12.0 Å². The molecule has 2 heterocycles. The molecule has 0 bridgehead atoms. The highest BCUT2D eigenvalue weighted by molar-refractivity contribution is 5.80. The van der Waals surface area contributed by atoms with Gasteiger partial charge in [0.2, 0.25) is 0 Å². The average Bonchev–Trinajstić information content (AvgIpc) is 3.41. The van der Waals surface area contributed by atoms with Crippen molar-refractivity contribution >= 4 is 34.5 Å². The number of carbonyl (C=O) groups excluding carboxylic acids is 1. The van der Waals surface area contributed by atoms with Crippen LogP contribution in [0, 0.1) is 6.92 Å². The van der Waals surface area contributed by atoms with Gasteiger partial charge in [0.1, 0.15) is 11.7 Å². The summed E-state index contributed by atoms with van der Waals surface area (Å²) in [5, 5.41) is 3.23. The monoisotopic (exact) mass is 469 g/mol. The maximum atomic E-state index is 14.3. The third-order valence-corrected chi connectivity index (χ3v) is 6.16. The number of aromatic nitrogens is 1. The summed E-state index contributed by atoms with van der Waals surface area (Å²) in [7, 11) is 1.40. The predicted octanol–water partition coefficient (Wildman–Crippen LogP) is 5.55. The van der Waals surface area contributed by atoms with E-state index < -0.39 is 6.17 Å². The molecule has 0 aliphatic carbocycles. The number of aryl methyl sites for hydroxylation is 1. The number of esters is 1. The zero-order valence-corrected chi connectivity index (χ0v) is 19.8. The molecule has 1 aliphatic heterocycles. The van der Waals surface area contributed by atoms with Gasteiger partial charge in [-0.3, -0.25) is 4.79 Å². The van der Waals surface area contributed by atoms with E-state index >= 15 is 0 Å². The molecular weight excluding hydrogens is 437 g/mol. The highest BCUT2D eigenvalue weighted by Crippen LogP contribution is 2.32. The molecule has 2 atom stereocenters. The molecule has 1 N–H and O–H groups in total. The Morgan fingerprint density at radius 3 is 2.91 bits per heavy atom. The standard InChI is InChI=1S/C26H32FN3O4/c1-18-8-5-6-9-22(18)28-26-29-23-12-11-20(15-24(23)34-26)30-16-19(27)14-21(30)17-33-13-7-3-4-10-25(31)32-2/h5-6,8-9,11-12,15,19,21H,3-4,7,10,13-14,16-17H2,1-2H3,(H,28,29)/t19-,21-/m0/s1. The van der Waals surface area contributed by atoms with Crippen molar-refractivity contribution in [1.82, 2.24) is 4.98 Å². The van der Waals surface area contributed by atoms with Crippen LogP contribution in [0.1, 0.15) is 37.7 Å². The number of oxazole rings is 1. The SMILES string of the molecule is COC(=O)CCCCCOC[C@@H]1C[C@H](F)CN1c1ccc2nc(Nc3ccccc3C)oc2c1. The molecule has 1 fully saturated rings. The van der Waals surface area contributed by atoms with Crippen LogP contribution in [0.5, 0.6) is 0 Å². The number of benzene rings is 2. The minimum absolute atomic E-state index is 0.0324. The summed E-state index contributed by atoms with van der Waals surface area (Å²) in [5.74, 6) is -0.182. The third-order valence-electron chi connectivity index (χ3n) is 6.16. The van der Waals surface area contributed by atoms with E-state index in [0.717, 1.165) is 41.7 Å². The van der Waals surface area contributed by atoms with Gasteiger partial charge in [-0.15, -0.1) is 0 Å². The Labute approximate surface area is 199 Å². The molecule has 1 aliphatic rings. The Kier molecular flexibility index (Phi) is 8.00. The highest BCUT2D eigenvalue weighted by atomic mass is 19.1. The zero-order chi connectivity index (χ0) is 23.9. The summed E-state index contributed by atoms with van der Waals surface area (Å²) in [6.07, 6.45) is 2.53. The van der Waals surface area contributed by atoms with Gasteiger partial charge in [0.25, 0.3) is 6.01 Å². The van der Waals surface area contributed by atoms with E-state index in [1.165, 1.54) is 7.11 Å². The van der Waals surface area contributed by atoms with E-state index in [1.807, 2.05) is 49.4 Å². The number of unbranched alkanes of at least 4 members (excludes halogenated alkanes) is 2. The van der Waals surface area contributed by atoms with Gasteiger partial charge in [0, 0.05) is 43.4 Å². The van der Waals surface area contributed by atoms with E-state index in [1.54, 1.807) is 0 Å². The molecule has 0 radical (unpaired) electrons. The fourth-order valence-corrected chi connectivity index (χ4v) is 4.28. The van der Waals surface area contributed by atoms with Crippen LogP contribution in [0.4, 0.5) is 21.8 Å². The van der Waals surface area contributed by atoms with Gasteiger partial charge < -0.3 is 24.1 Å². The van der Waals surface area contributed by atoms with Gasteiger partial charge in [0.05, 0.1) is 19.8 Å². The van der Waals surface area contributed by atoms with E-state index in [0.29, 0.717) is 44.2 Å². The smallest absolute Gasteiger partial charge is 0.305 e. The Morgan fingerprint density at radius 1 is 1.24 bits per heavy atom. The Morgan fingerprint density at radius 2 is 2.09 bits per heavy atom. The lowest BCUT2D eigenvalue weighted by Crippen LogP contribution is -2.33. The molecule has 3 aromatic rings. The van der Waals surface area contributed by atoms with Crippen LogP contribution in [-0.2, 0) is 14.3 Å². The molecule has 0 unspecified atom stereocenters.